The van der Waals surface area contributed by atoms with Gasteiger partial charge in [0.1, 0.15) is 17.6 Å². The summed E-state index contributed by atoms with van der Waals surface area (Å²) in [5.41, 5.74) is 9.79. The van der Waals surface area contributed by atoms with Crippen LogP contribution in [0.3, 0.4) is 0 Å². The molecular weight excluding hydrogens is 578 g/mol. The molecule has 0 radical (unpaired) electrons. The van der Waals surface area contributed by atoms with Crippen LogP contribution in [0.4, 0.5) is 0 Å². The normalized spacial score (nSPS) is 17.8. The van der Waals surface area contributed by atoms with Crippen LogP contribution in [0.25, 0.3) is 10.4 Å². The minimum atomic E-state index is -1.09. The van der Waals surface area contributed by atoms with Crippen LogP contribution >= 0.6 is 0 Å². The number of hydrogen-bond donors (Lipinski definition) is 1. The van der Waals surface area contributed by atoms with Gasteiger partial charge in [-0.05, 0) is 40.8 Å². The molecule has 12 nitrogen and oxygen atoms in total. The van der Waals surface area contributed by atoms with Gasteiger partial charge in [-0.1, -0.05) is 77.9 Å². The average molecular weight is 612 g/mol. The molecule has 1 N–H and O–H groups in total. The first-order valence-corrected chi connectivity index (χ1v) is 14.4. The fourth-order valence-corrected chi connectivity index (χ4v) is 5.61. The zero-order valence-corrected chi connectivity index (χ0v) is 24.9. The molecule has 1 fully saturated rings. The Morgan fingerprint density at radius 2 is 1.62 bits per heavy atom. The summed E-state index contributed by atoms with van der Waals surface area (Å²) in [4.78, 5) is 42.3. The monoisotopic (exact) mass is 611 g/mol. The SMILES string of the molecule is COC(=O)CCc1cn([C@H]2C[C@H](N=[N+]=[N-])[C@@H](COC(c3ccccc3)(c3ccccc3)c3ccc(OC)cc3)O2)c(=O)[nH]c1=O. The summed E-state index contributed by atoms with van der Waals surface area (Å²) in [7, 11) is 2.86. The zero-order valence-electron chi connectivity index (χ0n) is 24.9. The highest BCUT2D eigenvalue weighted by Gasteiger charge is 2.42. The Morgan fingerprint density at radius 1 is 1.00 bits per heavy atom. The summed E-state index contributed by atoms with van der Waals surface area (Å²) in [6.45, 7) is -0.0106. The number of esters is 1. The summed E-state index contributed by atoms with van der Waals surface area (Å²) < 4.78 is 24.6. The van der Waals surface area contributed by atoms with Crippen molar-refractivity contribution in [2.45, 2.75) is 43.2 Å². The van der Waals surface area contributed by atoms with E-state index >= 15 is 0 Å². The van der Waals surface area contributed by atoms with Gasteiger partial charge in [0.15, 0.2) is 0 Å². The number of benzene rings is 3. The molecule has 0 bridgehead atoms. The van der Waals surface area contributed by atoms with Gasteiger partial charge in [0, 0.05) is 29.5 Å². The summed E-state index contributed by atoms with van der Waals surface area (Å²) in [5, 5.41) is 3.97. The minimum Gasteiger partial charge on any atom is -0.497 e. The van der Waals surface area contributed by atoms with Crippen molar-refractivity contribution >= 4 is 5.97 Å². The van der Waals surface area contributed by atoms with E-state index in [-0.39, 0.29) is 31.4 Å². The molecule has 0 spiro atoms. The van der Waals surface area contributed by atoms with E-state index in [1.54, 1.807) is 7.11 Å². The smallest absolute Gasteiger partial charge is 0.330 e. The molecule has 3 atom stereocenters. The lowest BCUT2D eigenvalue weighted by atomic mass is 9.80. The largest absolute Gasteiger partial charge is 0.497 e. The highest BCUT2D eigenvalue weighted by molar-refractivity contribution is 5.69. The van der Waals surface area contributed by atoms with Crippen molar-refractivity contribution in [1.29, 1.82) is 0 Å². The second-order valence-corrected chi connectivity index (χ2v) is 10.5. The molecular formula is C33H33N5O7. The lowest BCUT2D eigenvalue weighted by molar-refractivity contribution is -0.140. The minimum absolute atomic E-state index is 0.0106. The molecule has 0 aliphatic carbocycles. The van der Waals surface area contributed by atoms with Crippen LogP contribution in [0.15, 0.2) is 106 Å². The van der Waals surface area contributed by atoms with Gasteiger partial charge < -0.3 is 18.9 Å². The molecule has 1 aromatic heterocycles. The fourth-order valence-electron chi connectivity index (χ4n) is 5.61. The van der Waals surface area contributed by atoms with E-state index in [0.717, 1.165) is 16.7 Å². The van der Waals surface area contributed by atoms with Gasteiger partial charge in [-0.15, -0.1) is 0 Å². The second kappa shape index (κ2) is 14.1. The number of methoxy groups -OCH3 is 2. The first-order valence-electron chi connectivity index (χ1n) is 14.4. The average Bonchev–Trinajstić information content (AvgIpc) is 3.48. The van der Waals surface area contributed by atoms with Crippen molar-refractivity contribution in [2.75, 3.05) is 20.8 Å². The Hall–Kier alpha value is -5.16. The van der Waals surface area contributed by atoms with Gasteiger partial charge in [0.2, 0.25) is 0 Å². The lowest BCUT2D eigenvalue weighted by Crippen LogP contribution is -2.38. The van der Waals surface area contributed by atoms with Crippen LogP contribution < -0.4 is 16.0 Å². The van der Waals surface area contributed by atoms with Crippen LogP contribution in [-0.2, 0) is 31.0 Å². The first kappa shape index (κ1) is 31.3. The zero-order chi connectivity index (χ0) is 31.8. The molecule has 1 aliphatic heterocycles. The number of ether oxygens (including phenoxy) is 4. The van der Waals surface area contributed by atoms with Crippen molar-refractivity contribution in [3.8, 4) is 5.75 Å². The maximum absolute atomic E-state index is 12.9. The van der Waals surface area contributed by atoms with Crippen molar-refractivity contribution < 1.29 is 23.7 Å². The fraction of sp³-hybridized carbons (Fsp3) is 0.303. The van der Waals surface area contributed by atoms with E-state index in [2.05, 4.69) is 19.7 Å². The molecule has 12 heteroatoms. The van der Waals surface area contributed by atoms with Gasteiger partial charge >= 0.3 is 11.7 Å². The van der Waals surface area contributed by atoms with Crippen molar-refractivity contribution in [1.82, 2.24) is 9.55 Å². The highest BCUT2D eigenvalue weighted by Crippen LogP contribution is 2.42. The number of nitrogens with one attached hydrogen (secondary N) is 1. The molecule has 0 amide bonds. The van der Waals surface area contributed by atoms with Crippen molar-refractivity contribution in [3.63, 3.8) is 0 Å². The number of nitrogens with zero attached hydrogens (tertiary/aromatic N) is 4. The molecule has 0 unspecified atom stereocenters. The summed E-state index contributed by atoms with van der Waals surface area (Å²) in [6, 6.07) is 26.5. The van der Waals surface area contributed by atoms with E-state index < -0.39 is 41.2 Å². The van der Waals surface area contributed by atoms with E-state index in [4.69, 9.17) is 14.2 Å². The summed E-state index contributed by atoms with van der Waals surface area (Å²) >= 11 is 0. The molecule has 2 heterocycles. The van der Waals surface area contributed by atoms with Crippen LogP contribution in [0.1, 0.15) is 41.3 Å². The molecule has 232 valence electrons. The number of rotatable bonds is 12. The van der Waals surface area contributed by atoms with Gasteiger partial charge in [-0.2, -0.15) is 0 Å². The van der Waals surface area contributed by atoms with Gasteiger partial charge in [-0.3, -0.25) is 19.1 Å². The molecule has 5 rings (SSSR count). The highest BCUT2D eigenvalue weighted by atomic mass is 16.6. The summed E-state index contributed by atoms with van der Waals surface area (Å²) in [5.74, 6) is 0.207. The van der Waals surface area contributed by atoms with Crippen molar-refractivity contribution in [2.24, 2.45) is 5.11 Å². The standard InChI is InChI=1S/C33H33N5O7/c1-42-26-16-14-25(15-17-26)33(23-9-5-3-6-10-23,24-11-7-4-8-12-24)44-21-28-27(36-37-34)19-29(45-28)38-20-22(13-18-30(39)43-2)31(40)35-32(38)41/h3-12,14-17,20,27-29H,13,18-19,21H2,1-2H3,(H,35,40,41)/t27-,28+,29+/m0/s1. The number of aromatic nitrogens is 2. The number of aryl methyl sites for hydroxylation is 1. The predicted octanol–water partition coefficient (Wildman–Crippen LogP) is 4.63. The Kier molecular flexibility index (Phi) is 9.79. The number of azide groups is 1. The summed E-state index contributed by atoms with van der Waals surface area (Å²) in [6.07, 6.45) is -0.0339. The van der Waals surface area contributed by atoms with Gasteiger partial charge in [0.25, 0.3) is 5.56 Å². The Labute approximate surface area is 258 Å². The molecule has 45 heavy (non-hydrogen) atoms. The number of aromatic amines is 1. The second-order valence-electron chi connectivity index (χ2n) is 10.5. The third-order valence-electron chi connectivity index (χ3n) is 7.90. The van der Waals surface area contributed by atoms with Crippen LogP contribution in [0, 0.1) is 0 Å². The van der Waals surface area contributed by atoms with E-state index in [1.165, 1.54) is 17.9 Å². The Bertz CT molecular complexity index is 1730. The van der Waals surface area contributed by atoms with Crippen LogP contribution in [-0.4, -0.2) is 48.5 Å². The van der Waals surface area contributed by atoms with E-state index in [0.29, 0.717) is 5.75 Å². The Balaban J connectivity index is 1.51. The topological polar surface area (TPSA) is 158 Å². The first-order chi connectivity index (χ1) is 21.9. The van der Waals surface area contributed by atoms with Crippen LogP contribution in [0.5, 0.6) is 5.75 Å². The van der Waals surface area contributed by atoms with Gasteiger partial charge in [-0.25, -0.2) is 4.79 Å². The molecule has 0 saturated carbocycles. The molecule has 1 saturated heterocycles. The maximum Gasteiger partial charge on any atom is 0.330 e. The maximum atomic E-state index is 12.9. The predicted molar refractivity (Wildman–Crippen MR) is 165 cm³/mol. The van der Waals surface area contributed by atoms with Crippen LogP contribution in [0.2, 0.25) is 0 Å². The van der Waals surface area contributed by atoms with E-state index in [1.807, 2.05) is 84.9 Å². The van der Waals surface area contributed by atoms with E-state index in [9.17, 15) is 19.9 Å². The number of carbonyl (C=O) groups is 1. The number of hydrogen-bond acceptors (Lipinski definition) is 8. The van der Waals surface area contributed by atoms with Crippen molar-refractivity contribution in [3.05, 3.63) is 145 Å². The lowest BCUT2D eigenvalue weighted by Gasteiger charge is -2.37. The number of carbonyl (C=O) groups excluding carboxylic acids is 1. The molecule has 4 aromatic rings. The third kappa shape index (κ3) is 6.68. The van der Waals surface area contributed by atoms with Gasteiger partial charge in [0.05, 0.1) is 33.0 Å². The third-order valence-corrected chi connectivity index (χ3v) is 7.90. The number of H-pyrrole nitrogens is 1. The molecule has 3 aromatic carbocycles. The quantitative estimate of drug-likeness (QED) is 0.0805. The molecule has 1 aliphatic rings. The Morgan fingerprint density at radius 3 is 2.20 bits per heavy atom.